The van der Waals surface area contributed by atoms with Crippen molar-refractivity contribution in [3.63, 3.8) is 0 Å². The summed E-state index contributed by atoms with van der Waals surface area (Å²) < 4.78 is 1.96. The van der Waals surface area contributed by atoms with E-state index in [0.717, 1.165) is 42.0 Å². The first-order valence-corrected chi connectivity index (χ1v) is 9.10. The number of nitrogens with one attached hydrogen (secondary N) is 2. The maximum atomic E-state index is 4.59. The Balaban J connectivity index is 0.00000288. The topological polar surface area (TPSA) is 67.1 Å². The molecule has 132 valence electrons. The number of aromatic nitrogens is 3. The zero-order valence-electron chi connectivity index (χ0n) is 14.3. The maximum Gasteiger partial charge on any atom is 0.191 e. The van der Waals surface area contributed by atoms with Gasteiger partial charge in [0.2, 0.25) is 0 Å². The van der Waals surface area contributed by atoms with Crippen molar-refractivity contribution in [2.45, 2.75) is 20.4 Å². The second-order valence-corrected chi connectivity index (χ2v) is 5.97. The van der Waals surface area contributed by atoms with Gasteiger partial charge in [-0.25, -0.2) is 15.0 Å². The van der Waals surface area contributed by atoms with Crippen molar-refractivity contribution >= 4 is 41.7 Å². The van der Waals surface area contributed by atoms with Crippen molar-refractivity contribution in [3.05, 3.63) is 42.1 Å². The molecule has 0 unspecified atom stereocenters. The van der Waals surface area contributed by atoms with Crippen LogP contribution in [0, 0.1) is 6.92 Å². The van der Waals surface area contributed by atoms with Crippen LogP contribution in [0.25, 0.3) is 5.82 Å². The number of aryl methyl sites for hydroxylation is 1. The predicted molar refractivity (Wildman–Crippen MR) is 113 cm³/mol. The molecule has 24 heavy (non-hydrogen) atoms. The van der Waals surface area contributed by atoms with E-state index in [2.05, 4.69) is 44.8 Å². The second-order valence-electron chi connectivity index (χ2n) is 4.98. The summed E-state index contributed by atoms with van der Waals surface area (Å²) in [7, 11) is 0. The van der Waals surface area contributed by atoms with Crippen LogP contribution >= 0.6 is 35.7 Å². The number of guanidine groups is 1. The third-order valence-corrected chi connectivity index (χ3v) is 3.86. The molecule has 0 atom stereocenters. The lowest BCUT2D eigenvalue weighted by molar-refractivity contribution is 0.841. The second kappa shape index (κ2) is 11.3. The highest BCUT2D eigenvalue weighted by atomic mass is 127. The zero-order valence-corrected chi connectivity index (χ0v) is 17.5. The number of aliphatic imine (C=N–C) groups is 1. The molecule has 0 bridgehead atoms. The lowest BCUT2D eigenvalue weighted by Gasteiger charge is -2.10. The van der Waals surface area contributed by atoms with Gasteiger partial charge in [-0.1, -0.05) is 6.07 Å². The molecule has 0 aliphatic rings. The summed E-state index contributed by atoms with van der Waals surface area (Å²) in [5.74, 6) is 3.70. The van der Waals surface area contributed by atoms with Crippen molar-refractivity contribution in [2.75, 3.05) is 25.1 Å². The van der Waals surface area contributed by atoms with Gasteiger partial charge in [0.1, 0.15) is 11.6 Å². The van der Waals surface area contributed by atoms with E-state index in [1.165, 1.54) is 0 Å². The molecule has 0 saturated heterocycles. The number of imidazole rings is 1. The molecule has 6 nitrogen and oxygen atoms in total. The summed E-state index contributed by atoms with van der Waals surface area (Å²) in [5, 5.41) is 6.57. The summed E-state index contributed by atoms with van der Waals surface area (Å²) in [6, 6.07) is 4.05. The number of hydrogen-bond donors (Lipinski definition) is 2. The molecule has 0 aliphatic heterocycles. The van der Waals surface area contributed by atoms with Crippen LogP contribution in [0.2, 0.25) is 0 Å². The quantitative estimate of drug-likeness (QED) is 0.288. The van der Waals surface area contributed by atoms with E-state index in [1.807, 2.05) is 41.7 Å². The smallest absolute Gasteiger partial charge is 0.191 e. The van der Waals surface area contributed by atoms with Gasteiger partial charge in [0, 0.05) is 37.4 Å². The summed E-state index contributed by atoms with van der Waals surface area (Å²) in [6.45, 7) is 6.38. The maximum absolute atomic E-state index is 4.59. The number of pyridine rings is 1. The minimum Gasteiger partial charge on any atom is -0.357 e. The highest BCUT2D eigenvalue weighted by Crippen LogP contribution is 2.08. The minimum atomic E-state index is 0. The number of thioether (sulfide) groups is 1. The van der Waals surface area contributed by atoms with Gasteiger partial charge in [-0.2, -0.15) is 11.8 Å². The summed E-state index contributed by atoms with van der Waals surface area (Å²) in [4.78, 5) is 13.3. The van der Waals surface area contributed by atoms with Crippen molar-refractivity contribution in [1.82, 2.24) is 25.2 Å². The van der Waals surface area contributed by atoms with E-state index in [0.29, 0.717) is 6.54 Å². The Kier molecular flexibility index (Phi) is 9.77. The van der Waals surface area contributed by atoms with Crippen LogP contribution < -0.4 is 10.6 Å². The van der Waals surface area contributed by atoms with Crippen LogP contribution in [-0.4, -0.2) is 45.6 Å². The Labute approximate surface area is 165 Å². The minimum absolute atomic E-state index is 0. The molecular formula is C16H25IN6S. The molecule has 0 aromatic carbocycles. The first kappa shape index (κ1) is 20.8. The van der Waals surface area contributed by atoms with Gasteiger partial charge in [0.15, 0.2) is 5.96 Å². The molecule has 0 saturated carbocycles. The van der Waals surface area contributed by atoms with Crippen LogP contribution in [0.5, 0.6) is 0 Å². The van der Waals surface area contributed by atoms with Crippen LogP contribution in [0.15, 0.2) is 35.7 Å². The fraction of sp³-hybridized carbons (Fsp3) is 0.438. The van der Waals surface area contributed by atoms with E-state index in [4.69, 9.17) is 0 Å². The van der Waals surface area contributed by atoms with Gasteiger partial charge < -0.3 is 10.6 Å². The number of halogens is 1. The highest BCUT2D eigenvalue weighted by Gasteiger charge is 2.02. The molecule has 2 heterocycles. The van der Waals surface area contributed by atoms with Crippen LogP contribution in [0.3, 0.4) is 0 Å². The Morgan fingerprint density at radius 2 is 2.12 bits per heavy atom. The van der Waals surface area contributed by atoms with Crippen LogP contribution in [0.4, 0.5) is 0 Å². The zero-order chi connectivity index (χ0) is 16.5. The lowest BCUT2D eigenvalue weighted by atomic mass is 10.3. The Hall–Kier alpha value is -1.29. The number of hydrogen-bond acceptors (Lipinski definition) is 4. The normalized spacial score (nSPS) is 11.0. The average Bonchev–Trinajstić information content (AvgIpc) is 2.99. The fourth-order valence-electron chi connectivity index (χ4n) is 2.06. The van der Waals surface area contributed by atoms with E-state index in [1.54, 1.807) is 6.20 Å². The molecule has 0 fully saturated rings. The molecular weight excluding hydrogens is 435 g/mol. The van der Waals surface area contributed by atoms with E-state index in [-0.39, 0.29) is 24.0 Å². The highest BCUT2D eigenvalue weighted by molar-refractivity contribution is 14.0. The molecule has 2 aromatic heterocycles. The SMILES string of the molecule is CCNC(=NCc1ccc(-n2ccnc2C)nc1)NCCSC.I. The third-order valence-electron chi connectivity index (χ3n) is 3.24. The molecule has 0 radical (unpaired) electrons. The largest absolute Gasteiger partial charge is 0.357 e. The van der Waals surface area contributed by atoms with Crippen molar-refractivity contribution in [3.8, 4) is 5.82 Å². The van der Waals surface area contributed by atoms with Gasteiger partial charge in [0.05, 0.1) is 6.54 Å². The van der Waals surface area contributed by atoms with Gasteiger partial charge in [0.25, 0.3) is 0 Å². The van der Waals surface area contributed by atoms with E-state index in [9.17, 15) is 0 Å². The Bertz CT molecular complexity index is 626. The van der Waals surface area contributed by atoms with Crippen molar-refractivity contribution in [1.29, 1.82) is 0 Å². The van der Waals surface area contributed by atoms with Gasteiger partial charge in [-0.15, -0.1) is 24.0 Å². The summed E-state index contributed by atoms with van der Waals surface area (Å²) in [5.41, 5.74) is 1.08. The van der Waals surface area contributed by atoms with E-state index < -0.39 is 0 Å². The van der Waals surface area contributed by atoms with E-state index >= 15 is 0 Å². The predicted octanol–water partition coefficient (Wildman–Crippen LogP) is 2.61. The van der Waals surface area contributed by atoms with Crippen molar-refractivity contribution in [2.24, 2.45) is 4.99 Å². The lowest BCUT2D eigenvalue weighted by Crippen LogP contribution is -2.38. The van der Waals surface area contributed by atoms with Crippen molar-refractivity contribution < 1.29 is 0 Å². The molecule has 2 N–H and O–H groups in total. The average molecular weight is 460 g/mol. The molecule has 0 aliphatic carbocycles. The Morgan fingerprint density at radius 1 is 1.29 bits per heavy atom. The van der Waals surface area contributed by atoms with Gasteiger partial charge in [-0.05, 0) is 31.7 Å². The standard InChI is InChI=1S/C16H24N6S.HI/c1-4-17-16(19-8-10-23-3)21-12-14-5-6-15(20-11-14)22-9-7-18-13(22)2;/h5-7,9,11H,4,8,10,12H2,1-3H3,(H2,17,19,21);1H. The molecule has 0 spiro atoms. The summed E-state index contributed by atoms with van der Waals surface area (Å²) in [6.07, 6.45) is 7.65. The molecule has 0 amide bonds. The summed E-state index contributed by atoms with van der Waals surface area (Å²) >= 11 is 1.81. The fourth-order valence-corrected chi connectivity index (χ4v) is 2.36. The number of rotatable bonds is 7. The molecule has 2 rings (SSSR count). The molecule has 8 heteroatoms. The first-order chi connectivity index (χ1) is 11.2. The van der Waals surface area contributed by atoms with Gasteiger partial charge >= 0.3 is 0 Å². The van der Waals surface area contributed by atoms with Crippen LogP contribution in [-0.2, 0) is 6.54 Å². The van der Waals surface area contributed by atoms with Crippen LogP contribution in [0.1, 0.15) is 18.3 Å². The first-order valence-electron chi connectivity index (χ1n) is 7.71. The third kappa shape index (κ3) is 6.31. The monoisotopic (exact) mass is 460 g/mol. The number of nitrogens with zero attached hydrogens (tertiary/aromatic N) is 4. The molecule has 2 aromatic rings. The van der Waals surface area contributed by atoms with Gasteiger partial charge in [-0.3, -0.25) is 4.57 Å². The Morgan fingerprint density at radius 3 is 2.71 bits per heavy atom.